The van der Waals surface area contributed by atoms with Crippen molar-refractivity contribution in [2.75, 3.05) is 6.61 Å². The van der Waals surface area contributed by atoms with Crippen molar-refractivity contribution in [2.24, 2.45) is 5.92 Å². The summed E-state index contributed by atoms with van der Waals surface area (Å²) in [5.74, 6) is 2.21. The smallest absolute Gasteiger partial charge is 0.122 e. The van der Waals surface area contributed by atoms with Crippen molar-refractivity contribution >= 4 is 0 Å². The molecule has 0 aliphatic carbocycles. The Morgan fingerprint density at radius 2 is 1.85 bits per heavy atom. The molecule has 0 N–H and O–H groups in total. The molecule has 0 saturated carbocycles. The number of rotatable bonds is 9. The van der Waals surface area contributed by atoms with E-state index in [0.29, 0.717) is 11.8 Å². The molecule has 1 rings (SSSR count). The predicted molar refractivity (Wildman–Crippen MR) is 88.5 cm³/mol. The first-order chi connectivity index (χ1) is 9.69. The molecular formula is C19H30O. The van der Waals surface area contributed by atoms with Crippen LogP contribution < -0.4 is 4.74 Å². The van der Waals surface area contributed by atoms with Gasteiger partial charge in [-0.15, -0.1) is 0 Å². The van der Waals surface area contributed by atoms with Crippen LogP contribution in [0.15, 0.2) is 36.4 Å². The fourth-order valence-corrected chi connectivity index (χ4v) is 2.38. The summed E-state index contributed by atoms with van der Waals surface area (Å²) in [6.07, 6.45) is 9.24. The zero-order valence-electron chi connectivity index (χ0n) is 13.6. The molecule has 112 valence electrons. The Morgan fingerprint density at radius 3 is 2.50 bits per heavy atom. The molecule has 1 aromatic carbocycles. The lowest BCUT2D eigenvalue weighted by Gasteiger charge is -2.20. The van der Waals surface area contributed by atoms with Crippen LogP contribution in [0.3, 0.4) is 0 Å². The van der Waals surface area contributed by atoms with Gasteiger partial charge in [-0.05, 0) is 42.7 Å². The molecule has 0 amide bonds. The molecule has 0 radical (unpaired) electrons. The van der Waals surface area contributed by atoms with Gasteiger partial charge in [0.05, 0.1) is 6.61 Å². The predicted octanol–water partition coefficient (Wildman–Crippen LogP) is 5.96. The van der Waals surface area contributed by atoms with Crippen molar-refractivity contribution in [3.8, 4) is 5.75 Å². The molecule has 0 heterocycles. The highest BCUT2D eigenvalue weighted by molar-refractivity contribution is 5.36. The van der Waals surface area contributed by atoms with Crippen molar-refractivity contribution in [2.45, 2.75) is 59.3 Å². The Labute approximate surface area is 125 Å². The van der Waals surface area contributed by atoms with E-state index in [0.717, 1.165) is 25.2 Å². The van der Waals surface area contributed by atoms with Crippen LogP contribution in [0, 0.1) is 5.92 Å². The van der Waals surface area contributed by atoms with Crippen molar-refractivity contribution < 1.29 is 4.74 Å². The van der Waals surface area contributed by atoms with Crippen molar-refractivity contribution in [3.05, 3.63) is 42.0 Å². The van der Waals surface area contributed by atoms with Crippen molar-refractivity contribution in [3.63, 3.8) is 0 Å². The van der Waals surface area contributed by atoms with Crippen LogP contribution in [-0.4, -0.2) is 6.61 Å². The van der Waals surface area contributed by atoms with E-state index < -0.39 is 0 Å². The monoisotopic (exact) mass is 274 g/mol. The van der Waals surface area contributed by atoms with Gasteiger partial charge in [-0.2, -0.15) is 0 Å². The first-order valence-corrected chi connectivity index (χ1v) is 8.05. The lowest BCUT2D eigenvalue weighted by Crippen LogP contribution is -2.08. The van der Waals surface area contributed by atoms with E-state index in [4.69, 9.17) is 4.74 Å². The summed E-state index contributed by atoms with van der Waals surface area (Å²) in [6.45, 7) is 9.62. The van der Waals surface area contributed by atoms with E-state index in [2.05, 4.69) is 64.1 Å². The third-order valence-corrected chi connectivity index (χ3v) is 3.39. The van der Waals surface area contributed by atoms with Crippen LogP contribution in [0.5, 0.6) is 5.75 Å². The zero-order chi connectivity index (χ0) is 14.8. The average molecular weight is 274 g/mol. The summed E-state index contributed by atoms with van der Waals surface area (Å²) in [4.78, 5) is 0. The van der Waals surface area contributed by atoms with Crippen LogP contribution in [0.1, 0.15) is 64.9 Å². The highest BCUT2D eigenvalue weighted by Gasteiger charge is 2.14. The molecule has 0 aliphatic rings. The lowest BCUT2D eigenvalue weighted by atomic mass is 9.90. The third kappa shape index (κ3) is 5.81. The summed E-state index contributed by atoms with van der Waals surface area (Å²) >= 11 is 0. The summed E-state index contributed by atoms with van der Waals surface area (Å²) in [5.41, 5.74) is 1.37. The zero-order valence-corrected chi connectivity index (χ0v) is 13.6. The number of para-hydroxylation sites is 1. The Morgan fingerprint density at radius 1 is 1.10 bits per heavy atom. The molecule has 0 spiro atoms. The number of allylic oxidation sites excluding steroid dienone is 2. The van der Waals surface area contributed by atoms with Gasteiger partial charge < -0.3 is 4.74 Å². The number of benzene rings is 1. The van der Waals surface area contributed by atoms with E-state index >= 15 is 0 Å². The minimum Gasteiger partial charge on any atom is -0.493 e. The first kappa shape index (κ1) is 16.8. The maximum atomic E-state index is 6.01. The third-order valence-electron chi connectivity index (χ3n) is 3.39. The lowest BCUT2D eigenvalue weighted by molar-refractivity contribution is 0.266. The SMILES string of the molecule is CC/C=C\CC(CCC)c1ccccc1OCC(C)C. The van der Waals surface area contributed by atoms with Gasteiger partial charge in [-0.25, -0.2) is 0 Å². The normalized spacial score (nSPS) is 13.1. The van der Waals surface area contributed by atoms with Gasteiger partial charge in [0.2, 0.25) is 0 Å². The Bertz CT molecular complexity index is 393. The summed E-state index contributed by atoms with van der Waals surface area (Å²) in [7, 11) is 0. The summed E-state index contributed by atoms with van der Waals surface area (Å²) in [6, 6.07) is 8.55. The van der Waals surface area contributed by atoms with Crippen molar-refractivity contribution in [1.82, 2.24) is 0 Å². The summed E-state index contributed by atoms with van der Waals surface area (Å²) < 4.78 is 6.01. The van der Waals surface area contributed by atoms with E-state index in [9.17, 15) is 0 Å². The van der Waals surface area contributed by atoms with Gasteiger partial charge in [0.15, 0.2) is 0 Å². The minimum atomic E-state index is 0.563. The maximum Gasteiger partial charge on any atom is 0.122 e. The van der Waals surface area contributed by atoms with Gasteiger partial charge in [-0.1, -0.05) is 64.5 Å². The second kappa shape index (κ2) is 9.63. The Hall–Kier alpha value is -1.24. The molecule has 1 nitrogen and oxygen atoms in total. The largest absolute Gasteiger partial charge is 0.493 e. The average Bonchev–Trinajstić information content (AvgIpc) is 2.45. The van der Waals surface area contributed by atoms with Gasteiger partial charge >= 0.3 is 0 Å². The Balaban J connectivity index is 2.85. The highest BCUT2D eigenvalue weighted by atomic mass is 16.5. The van der Waals surface area contributed by atoms with Crippen molar-refractivity contribution in [1.29, 1.82) is 0 Å². The number of ether oxygens (including phenoxy) is 1. The molecule has 0 aromatic heterocycles. The van der Waals surface area contributed by atoms with Crippen LogP contribution in [0.25, 0.3) is 0 Å². The topological polar surface area (TPSA) is 9.23 Å². The molecule has 1 heteroatoms. The molecule has 0 bridgehead atoms. The molecule has 1 unspecified atom stereocenters. The number of hydrogen-bond acceptors (Lipinski definition) is 1. The quantitative estimate of drug-likeness (QED) is 0.505. The van der Waals surface area contributed by atoms with Crippen LogP contribution in [-0.2, 0) is 0 Å². The molecule has 1 atom stereocenters. The van der Waals surface area contributed by atoms with Gasteiger partial charge in [0, 0.05) is 0 Å². The fourth-order valence-electron chi connectivity index (χ4n) is 2.38. The molecule has 0 fully saturated rings. The standard InChI is InChI=1S/C19H30O/c1-5-7-8-12-17(11-6-2)18-13-9-10-14-19(18)20-15-16(3)4/h7-10,13-14,16-17H,5-6,11-12,15H2,1-4H3/b8-7-. The Kier molecular flexibility index (Phi) is 8.10. The van der Waals surface area contributed by atoms with Crippen LogP contribution >= 0.6 is 0 Å². The second-order valence-electron chi connectivity index (χ2n) is 5.84. The molecule has 0 aliphatic heterocycles. The number of hydrogen-bond donors (Lipinski definition) is 0. The van der Waals surface area contributed by atoms with Gasteiger partial charge in [0.1, 0.15) is 5.75 Å². The van der Waals surface area contributed by atoms with Crippen LogP contribution in [0.4, 0.5) is 0 Å². The van der Waals surface area contributed by atoms with E-state index in [1.54, 1.807) is 0 Å². The van der Waals surface area contributed by atoms with Crippen LogP contribution in [0.2, 0.25) is 0 Å². The minimum absolute atomic E-state index is 0.563. The van der Waals surface area contributed by atoms with E-state index in [-0.39, 0.29) is 0 Å². The molecule has 0 saturated heterocycles. The molecule has 1 aromatic rings. The summed E-state index contributed by atoms with van der Waals surface area (Å²) in [5, 5.41) is 0. The fraction of sp³-hybridized carbons (Fsp3) is 0.579. The van der Waals surface area contributed by atoms with Gasteiger partial charge in [-0.3, -0.25) is 0 Å². The highest BCUT2D eigenvalue weighted by Crippen LogP contribution is 2.33. The molecule has 20 heavy (non-hydrogen) atoms. The maximum absolute atomic E-state index is 6.01. The van der Waals surface area contributed by atoms with E-state index in [1.807, 2.05) is 0 Å². The first-order valence-electron chi connectivity index (χ1n) is 8.05. The van der Waals surface area contributed by atoms with E-state index in [1.165, 1.54) is 18.4 Å². The molecular weight excluding hydrogens is 244 g/mol. The van der Waals surface area contributed by atoms with Gasteiger partial charge in [0.25, 0.3) is 0 Å². The second-order valence-corrected chi connectivity index (χ2v) is 5.84.